The number of nitrogens with zero attached hydrogens (tertiary/aromatic N) is 2. The largest absolute Gasteiger partial charge is 0.452 e. The van der Waals surface area contributed by atoms with Gasteiger partial charge in [-0.3, -0.25) is 4.79 Å². The number of aromatic nitrogens is 1. The SMILES string of the molecule is Cc1ccc(-c2cc(C(=O)OCC(=O)N3CCOCC3)c3ccccc3n2)c(C)c1. The third-order valence-corrected chi connectivity index (χ3v) is 5.28. The maximum atomic E-state index is 12.9. The predicted molar refractivity (Wildman–Crippen MR) is 114 cm³/mol. The summed E-state index contributed by atoms with van der Waals surface area (Å²) < 4.78 is 10.6. The number of ether oxygens (including phenoxy) is 2. The van der Waals surface area contributed by atoms with Gasteiger partial charge in [-0.2, -0.15) is 0 Å². The molecule has 4 rings (SSSR count). The summed E-state index contributed by atoms with van der Waals surface area (Å²) in [5.74, 6) is -0.735. The van der Waals surface area contributed by atoms with E-state index in [1.807, 2.05) is 50.2 Å². The van der Waals surface area contributed by atoms with Gasteiger partial charge in [-0.25, -0.2) is 9.78 Å². The Morgan fingerprint density at radius 2 is 1.83 bits per heavy atom. The molecule has 3 aromatic rings. The van der Waals surface area contributed by atoms with Gasteiger partial charge in [0.05, 0.1) is 30.0 Å². The molecule has 0 unspecified atom stereocenters. The first-order valence-electron chi connectivity index (χ1n) is 10.0. The molecule has 2 heterocycles. The second-order valence-electron chi connectivity index (χ2n) is 7.46. The van der Waals surface area contributed by atoms with E-state index in [2.05, 4.69) is 6.07 Å². The van der Waals surface area contributed by atoms with Crippen LogP contribution in [0.2, 0.25) is 0 Å². The van der Waals surface area contributed by atoms with Crippen molar-refractivity contribution >= 4 is 22.8 Å². The molecule has 1 aliphatic rings. The van der Waals surface area contributed by atoms with Crippen molar-refractivity contribution < 1.29 is 19.1 Å². The first-order valence-corrected chi connectivity index (χ1v) is 10.0. The highest BCUT2D eigenvalue weighted by atomic mass is 16.5. The summed E-state index contributed by atoms with van der Waals surface area (Å²) in [5.41, 5.74) is 5.03. The molecule has 6 heteroatoms. The first kappa shape index (κ1) is 20.0. The lowest BCUT2D eigenvalue weighted by Gasteiger charge is -2.26. The Bertz CT molecular complexity index is 1100. The highest BCUT2D eigenvalue weighted by Crippen LogP contribution is 2.28. The second-order valence-corrected chi connectivity index (χ2v) is 7.46. The van der Waals surface area contributed by atoms with Crippen molar-refractivity contribution in [1.29, 1.82) is 0 Å². The quantitative estimate of drug-likeness (QED) is 0.622. The maximum absolute atomic E-state index is 12.9. The Morgan fingerprint density at radius 1 is 1.07 bits per heavy atom. The average Bonchev–Trinajstić information content (AvgIpc) is 2.77. The van der Waals surface area contributed by atoms with E-state index in [0.717, 1.165) is 11.1 Å². The molecule has 0 spiro atoms. The zero-order chi connectivity index (χ0) is 21.1. The summed E-state index contributed by atoms with van der Waals surface area (Å²) in [4.78, 5) is 31.7. The summed E-state index contributed by atoms with van der Waals surface area (Å²) >= 11 is 0. The van der Waals surface area contributed by atoms with Gasteiger partial charge in [0, 0.05) is 24.0 Å². The Morgan fingerprint density at radius 3 is 2.60 bits per heavy atom. The van der Waals surface area contributed by atoms with Crippen molar-refractivity contribution in [2.24, 2.45) is 0 Å². The molecular formula is C24H24N2O4. The molecule has 1 amide bonds. The van der Waals surface area contributed by atoms with Gasteiger partial charge in [-0.1, -0.05) is 42.0 Å². The molecule has 1 saturated heterocycles. The van der Waals surface area contributed by atoms with Crippen LogP contribution < -0.4 is 0 Å². The third kappa shape index (κ3) is 4.19. The number of para-hydroxylation sites is 1. The van der Waals surface area contributed by atoms with E-state index in [1.165, 1.54) is 5.56 Å². The third-order valence-electron chi connectivity index (χ3n) is 5.28. The van der Waals surface area contributed by atoms with E-state index in [0.29, 0.717) is 48.5 Å². The van der Waals surface area contributed by atoms with E-state index >= 15 is 0 Å². The van der Waals surface area contributed by atoms with Crippen LogP contribution in [0.3, 0.4) is 0 Å². The molecule has 0 bridgehead atoms. The summed E-state index contributed by atoms with van der Waals surface area (Å²) in [5, 5.41) is 0.704. The molecule has 30 heavy (non-hydrogen) atoms. The predicted octanol–water partition coefficient (Wildman–Crippen LogP) is 3.53. The van der Waals surface area contributed by atoms with Crippen molar-refractivity contribution in [3.63, 3.8) is 0 Å². The van der Waals surface area contributed by atoms with Gasteiger partial charge in [0.15, 0.2) is 6.61 Å². The number of amides is 1. The van der Waals surface area contributed by atoms with Crippen molar-refractivity contribution in [1.82, 2.24) is 9.88 Å². The molecule has 1 fully saturated rings. The molecule has 0 saturated carbocycles. The normalized spacial score (nSPS) is 14.0. The zero-order valence-electron chi connectivity index (χ0n) is 17.2. The van der Waals surface area contributed by atoms with E-state index in [9.17, 15) is 9.59 Å². The minimum absolute atomic E-state index is 0.209. The van der Waals surface area contributed by atoms with Crippen molar-refractivity contribution in [3.05, 3.63) is 65.2 Å². The van der Waals surface area contributed by atoms with Crippen LogP contribution in [0.15, 0.2) is 48.5 Å². The van der Waals surface area contributed by atoms with E-state index < -0.39 is 5.97 Å². The van der Waals surface area contributed by atoms with Crippen LogP contribution in [0.4, 0.5) is 0 Å². The number of rotatable bonds is 4. The van der Waals surface area contributed by atoms with Crippen LogP contribution in [0.5, 0.6) is 0 Å². The Balaban J connectivity index is 1.63. The number of pyridine rings is 1. The molecule has 6 nitrogen and oxygen atoms in total. The molecule has 154 valence electrons. The molecule has 1 aliphatic heterocycles. The van der Waals surface area contributed by atoms with Crippen molar-refractivity contribution in [2.45, 2.75) is 13.8 Å². The van der Waals surface area contributed by atoms with E-state index in [-0.39, 0.29) is 12.5 Å². The number of carbonyl (C=O) groups excluding carboxylic acids is 2. The van der Waals surface area contributed by atoms with Crippen LogP contribution in [0, 0.1) is 13.8 Å². The number of esters is 1. The van der Waals surface area contributed by atoms with Gasteiger partial charge >= 0.3 is 5.97 Å². The minimum atomic E-state index is -0.527. The fourth-order valence-electron chi connectivity index (χ4n) is 3.69. The van der Waals surface area contributed by atoms with Crippen LogP contribution in [0.1, 0.15) is 21.5 Å². The Hall–Kier alpha value is -3.25. The van der Waals surface area contributed by atoms with Gasteiger partial charge in [0.1, 0.15) is 0 Å². The zero-order valence-corrected chi connectivity index (χ0v) is 17.2. The van der Waals surface area contributed by atoms with Gasteiger partial charge < -0.3 is 14.4 Å². The van der Waals surface area contributed by atoms with Crippen molar-refractivity contribution in [3.8, 4) is 11.3 Å². The Labute approximate surface area is 175 Å². The Kier molecular flexibility index (Phi) is 5.77. The fourth-order valence-corrected chi connectivity index (χ4v) is 3.69. The van der Waals surface area contributed by atoms with Crippen LogP contribution in [-0.2, 0) is 14.3 Å². The lowest BCUT2D eigenvalue weighted by Crippen LogP contribution is -2.42. The van der Waals surface area contributed by atoms with Gasteiger partial charge in [-0.05, 0) is 31.5 Å². The molecule has 2 aromatic carbocycles. The summed E-state index contributed by atoms with van der Waals surface area (Å²) in [7, 11) is 0. The van der Waals surface area contributed by atoms with Gasteiger partial charge in [0.25, 0.3) is 5.91 Å². The molecule has 1 aromatic heterocycles. The molecule has 0 radical (unpaired) electrons. The van der Waals surface area contributed by atoms with Gasteiger partial charge in [-0.15, -0.1) is 0 Å². The number of benzene rings is 2. The van der Waals surface area contributed by atoms with Gasteiger partial charge in [0.2, 0.25) is 0 Å². The number of hydrogen-bond donors (Lipinski definition) is 0. The van der Waals surface area contributed by atoms with Crippen LogP contribution in [0.25, 0.3) is 22.2 Å². The minimum Gasteiger partial charge on any atom is -0.452 e. The summed E-state index contributed by atoms with van der Waals surface area (Å²) in [6, 6.07) is 15.3. The lowest BCUT2D eigenvalue weighted by molar-refractivity contribution is -0.138. The topological polar surface area (TPSA) is 68.7 Å². The highest BCUT2D eigenvalue weighted by molar-refractivity contribution is 6.05. The summed E-state index contributed by atoms with van der Waals surface area (Å²) in [6.45, 7) is 5.84. The summed E-state index contributed by atoms with van der Waals surface area (Å²) in [6.07, 6.45) is 0. The molecular weight excluding hydrogens is 380 g/mol. The van der Waals surface area contributed by atoms with Crippen LogP contribution >= 0.6 is 0 Å². The van der Waals surface area contributed by atoms with Crippen LogP contribution in [-0.4, -0.2) is 54.7 Å². The lowest BCUT2D eigenvalue weighted by atomic mass is 9.99. The van der Waals surface area contributed by atoms with E-state index in [1.54, 1.807) is 11.0 Å². The van der Waals surface area contributed by atoms with Crippen molar-refractivity contribution in [2.75, 3.05) is 32.9 Å². The van der Waals surface area contributed by atoms with E-state index in [4.69, 9.17) is 14.5 Å². The number of fused-ring (bicyclic) bond motifs is 1. The fraction of sp³-hybridized carbons (Fsp3) is 0.292. The number of morpholine rings is 1. The molecule has 0 atom stereocenters. The molecule has 0 aliphatic carbocycles. The second kappa shape index (κ2) is 8.63. The average molecular weight is 404 g/mol. The number of carbonyl (C=O) groups is 2. The smallest absolute Gasteiger partial charge is 0.339 e. The first-order chi connectivity index (χ1) is 14.5. The highest BCUT2D eigenvalue weighted by Gasteiger charge is 2.21. The monoisotopic (exact) mass is 404 g/mol. The maximum Gasteiger partial charge on any atom is 0.339 e. The molecule has 0 N–H and O–H groups in total. The number of hydrogen-bond acceptors (Lipinski definition) is 5. The standard InChI is InChI=1S/C24H24N2O4/c1-16-7-8-18(17(2)13-16)22-14-20(19-5-3-4-6-21(19)25-22)24(28)30-15-23(27)26-9-11-29-12-10-26/h3-8,13-14H,9-12,15H2,1-2H3. The number of aryl methyl sites for hydroxylation is 2.